The van der Waals surface area contributed by atoms with Crippen molar-refractivity contribution >= 4 is 0 Å². The van der Waals surface area contributed by atoms with E-state index in [9.17, 15) is 0 Å². The molecule has 0 radical (unpaired) electrons. The summed E-state index contributed by atoms with van der Waals surface area (Å²) in [6, 6.07) is 4.37. The second-order valence-electron chi connectivity index (χ2n) is 4.74. The topological polar surface area (TPSA) is 45.0 Å². The molecular weight excluding hydrogens is 198 g/mol. The Labute approximate surface area is 98.0 Å². The Bertz CT molecular complexity index is 298. The molecule has 3 N–H and O–H groups in total. The third-order valence-corrected chi connectivity index (χ3v) is 3.31. The van der Waals surface area contributed by atoms with Crippen molar-refractivity contribution in [1.29, 1.82) is 0 Å². The lowest BCUT2D eigenvalue weighted by atomic mass is 10.2. The maximum atomic E-state index is 5.54. The van der Waals surface area contributed by atoms with Gasteiger partial charge in [-0.3, -0.25) is 4.90 Å². The van der Waals surface area contributed by atoms with Gasteiger partial charge in [0, 0.05) is 17.9 Å². The molecule has 1 saturated heterocycles. The lowest BCUT2D eigenvalue weighted by molar-refractivity contribution is 0.274. The summed E-state index contributed by atoms with van der Waals surface area (Å²) in [6.07, 6.45) is 6.48. The molecule has 0 bridgehead atoms. The Balaban J connectivity index is 1.86. The van der Waals surface area contributed by atoms with E-state index in [1.807, 2.05) is 0 Å². The van der Waals surface area contributed by atoms with Gasteiger partial charge in [-0.1, -0.05) is 12.8 Å². The van der Waals surface area contributed by atoms with Crippen molar-refractivity contribution in [2.45, 2.75) is 38.6 Å². The quantitative estimate of drug-likeness (QED) is 0.815. The fourth-order valence-electron chi connectivity index (χ4n) is 2.42. The molecule has 1 aromatic rings. The first-order valence-electron chi connectivity index (χ1n) is 6.47. The van der Waals surface area contributed by atoms with Crippen LogP contribution in [-0.2, 0) is 13.0 Å². The lowest BCUT2D eigenvalue weighted by Gasteiger charge is -2.18. The Kier molecular flexibility index (Phi) is 4.43. The number of nitrogens with zero attached hydrogens (tertiary/aromatic N) is 1. The number of aromatic amines is 1. The third-order valence-electron chi connectivity index (χ3n) is 3.31. The number of nitrogens with two attached hydrogens (primary N) is 1. The third kappa shape index (κ3) is 3.35. The molecule has 0 amide bonds. The molecule has 0 aromatic carbocycles. The van der Waals surface area contributed by atoms with Gasteiger partial charge < -0.3 is 10.7 Å². The minimum atomic E-state index is 0.726. The molecule has 0 saturated carbocycles. The van der Waals surface area contributed by atoms with Crippen LogP contribution in [0.2, 0.25) is 0 Å². The van der Waals surface area contributed by atoms with Crippen molar-refractivity contribution < 1.29 is 0 Å². The highest BCUT2D eigenvalue weighted by molar-refractivity contribution is 5.13. The molecule has 0 aliphatic carbocycles. The first-order chi connectivity index (χ1) is 7.88. The van der Waals surface area contributed by atoms with E-state index in [0.717, 1.165) is 19.5 Å². The smallest absolute Gasteiger partial charge is 0.0385 e. The Morgan fingerprint density at radius 3 is 2.44 bits per heavy atom. The number of nitrogens with one attached hydrogen (secondary N) is 1. The molecule has 16 heavy (non-hydrogen) atoms. The van der Waals surface area contributed by atoms with Gasteiger partial charge in [0.05, 0.1) is 0 Å². The predicted octanol–water partition coefficient (Wildman–Crippen LogP) is 1.89. The van der Waals surface area contributed by atoms with E-state index in [1.165, 1.54) is 50.2 Å². The van der Waals surface area contributed by atoms with Gasteiger partial charge >= 0.3 is 0 Å². The van der Waals surface area contributed by atoms with Gasteiger partial charge in [-0.15, -0.1) is 0 Å². The highest BCUT2D eigenvalue weighted by Crippen LogP contribution is 2.13. The van der Waals surface area contributed by atoms with E-state index in [0.29, 0.717) is 0 Å². The number of rotatable bonds is 4. The lowest BCUT2D eigenvalue weighted by Crippen LogP contribution is -2.24. The monoisotopic (exact) mass is 221 g/mol. The highest BCUT2D eigenvalue weighted by atomic mass is 15.1. The zero-order valence-corrected chi connectivity index (χ0v) is 10.0. The molecule has 3 nitrogen and oxygen atoms in total. The Hall–Kier alpha value is -0.800. The molecule has 3 heteroatoms. The average molecular weight is 221 g/mol. The molecule has 1 fully saturated rings. The van der Waals surface area contributed by atoms with Gasteiger partial charge in [0.2, 0.25) is 0 Å². The van der Waals surface area contributed by atoms with Gasteiger partial charge in [0.25, 0.3) is 0 Å². The Morgan fingerprint density at radius 2 is 1.75 bits per heavy atom. The fraction of sp³-hybridized carbons (Fsp3) is 0.692. The van der Waals surface area contributed by atoms with E-state index < -0.39 is 0 Å². The second kappa shape index (κ2) is 6.06. The molecule has 2 rings (SSSR count). The summed E-state index contributed by atoms with van der Waals surface area (Å²) in [7, 11) is 0. The van der Waals surface area contributed by atoms with Crippen molar-refractivity contribution in [3.05, 3.63) is 23.5 Å². The van der Waals surface area contributed by atoms with Gasteiger partial charge in [-0.05, 0) is 51.0 Å². The van der Waals surface area contributed by atoms with Crippen LogP contribution in [0.3, 0.4) is 0 Å². The molecule has 1 aromatic heterocycles. The van der Waals surface area contributed by atoms with Crippen LogP contribution in [0.25, 0.3) is 0 Å². The molecular formula is C13H23N3. The largest absolute Gasteiger partial charge is 0.361 e. The van der Waals surface area contributed by atoms with Crippen molar-refractivity contribution in [1.82, 2.24) is 9.88 Å². The minimum absolute atomic E-state index is 0.726. The normalized spacial score (nSPS) is 18.6. The summed E-state index contributed by atoms with van der Waals surface area (Å²) in [5.41, 5.74) is 8.15. The Morgan fingerprint density at radius 1 is 1.06 bits per heavy atom. The zero-order chi connectivity index (χ0) is 11.2. The summed E-state index contributed by atoms with van der Waals surface area (Å²) >= 11 is 0. The van der Waals surface area contributed by atoms with Crippen molar-refractivity contribution in [2.24, 2.45) is 5.73 Å². The summed E-state index contributed by atoms with van der Waals surface area (Å²) in [5, 5.41) is 0. The van der Waals surface area contributed by atoms with Crippen LogP contribution >= 0.6 is 0 Å². The fourth-order valence-corrected chi connectivity index (χ4v) is 2.42. The predicted molar refractivity (Wildman–Crippen MR) is 67.3 cm³/mol. The molecule has 2 heterocycles. The van der Waals surface area contributed by atoms with Crippen LogP contribution in [-0.4, -0.2) is 29.5 Å². The van der Waals surface area contributed by atoms with E-state index >= 15 is 0 Å². The van der Waals surface area contributed by atoms with Crippen LogP contribution in [0.5, 0.6) is 0 Å². The van der Waals surface area contributed by atoms with Gasteiger partial charge in [0.1, 0.15) is 0 Å². The van der Waals surface area contributed by atoms with Crippen LogP contribution in [0.1, 0.15) is 37.1 Å². The average Bonchev–Trinajstić information content (AvgIpc) is 2.56. The summed E-state index contributed by atoms with van der Waals surface area (Å²) in [4.78, 5) is 6.02. The van der Waals surface area contributed by atoms with E-state index in [4.69, 9.17) is 5.73 Å². The highest BCUT2D eigenvalue weighted by Gasteiger charge is 2.10. The molecule has 0 unspecified atom stereocenters. The van der Waals surface area contributed by atoms with E-state index in [1.54, 1.807) is 0 Å². The van der Waals surface area contributed by atoms with Crippen molar-refractivity contribution in [3.63, 3.8) is 0 Å². The number of hydrogen-bond donors (Lipinski definition) is 2. The van der Waals surface area contributed by atoms with Crippen molar-refractivity contribution in [2.75, 3.05) is 19.6 Å². The number of hydrogen-bond acceptors (Lipinski definition) is 2. The van der Waals surface area contributed by atoms with Gasteiger partial charge in [-0.2, -0.15) is 0 Å². The van der Waals surface area contributed by atoms with Gasteiger partial charge in [-0.25, -0.2) is 0 Å². The second-order valence-corrected chi connectivity index (χ2v) is 4.74. The minimum Gasteiger partial charge on any atom is -0.361 e. The maximum Gasteiger partial charge on any atom is 0.0385 e. The molecule has 1 aliphatic heterocycles. The van der Waals surface area contributed by atoms with E-state index in [2.05, 4.69) is 22.0 Å². The van der Waals surface area contributed by atoms with Crippen LogP contribution in [0.15, 0.2) is 12.1 Å². The molecule has 90 valence electrons. The van der Waals surface area contributed by atoms with Crippen LogP contribution in [0, 0.1) is 0 Å². The van der Waals surface area contributed by atoms with Crippen LogP contribution in [0.4, 0.5) is 0 Å². The summed E-state index contributed by atoms with van der Waals surface area (Å²) < 4.78 is 0. The SMILES string of the molecule is NCCc1ccc(CN2CCCCCC2)[nH]1. The first kappa shape index (κ1) is 11.7. The number of H-pyrrole nitrogens is 1. The zero-order valence-electron chi connectivity index (χ0n) is 10.0. The standard InChI is InChI=1S/C13H23N3/c14-8-7-12-5-6-13(15-12)11-16-9-3-1-2-4-10-16/h5-6,15H,1-4,7-11,14H2. The van der Waals surface area contributed by atoms with Crippen molar-refractivity contribution in [3.8, 4) is 0 Å². The maximum absolute atomic E-state index is 5.54. The van der Waals surface area contributed by atoms with Gasteiger partial charge in [0.15, 0.2) is 0 Å². The number of likely N-dealkylation sites (tertiary alicyclic amines) is 1. The van der Waals surface area contributed by atoms with E-state index in [-0.39, 0.29) is 0 Å². The molecule has 1 aliphatic rings. The first-order valence-corrected chi connectivity index (χ1v) is 6.47. The van der Waals surface area contributed by atoms with Crippen LogP contribution < -0.4 is 5.73 Å². The summed E-state index contributed by atoms with van der Waals surface area (Å²) in [5.74, 6) is 0. The molecule has 0 spiro atoms. The molecule has 0 atom stereocenters. The summed E-state index contributed by atoms with van der Waals surface area (Å²) in [6.45, 7) is 4.31. The number of aromatic nitrogens is 1.